The van der Waals surface area contributed by atoms with Gasteiger partial charge >= 0.3 is 0 Å². The Morgan fingerprint density at radius 3 is 2.80 bits per heavy atom. The summed E-state index contributed by atoms with van der Waals surface area (Å²) >= 11 is 0. The van der Waals surface area contributed by atoms with Crippen molar-refractivity contribution in [1.82, 2.24) is 9.88 Å². The number of hydrogen-bond donors (Lipinski definition) is 2. The van der Waals surface area contributed by atoms with Gasteiger partial charge in [-0.25, -0.2) is 0 Å². The van der Waals surface area contributed by atoms with Crippen LogP contribution in [0, 0.1) is 0 Å². The molecule has 3 N–H and O–H groups in total. The molecule has 0 aliphatic rings. The van der Waals surface area contributed by atoms with Crippen molar-refractivity contribution in [3.05, 3.63) is 36.0 Å². The Labute approximate surface area is 117 Å². The molecule has 5 heteroatoms. The number of nitrogens with two attached hydrogens (primary N) is 1. The van der Waals surface area contributed by atoms with Gasteiger partial charge in [-0.1, -0.05) is 13.3 Å². The van der Waals surface area contributed by atoms with Crippen LogP contribution in [0.2, 0.25) is 0 Å². The quantitative estimate of drug-likeness (QED) is 0.843. The van der Waals surface area contributed by atoms with Crippen LogP contribution in [0.1, 0.15) is 30.1 Å². The van der Waals surface area contributed by atoms with E-state index in [2.05, 4.69) is 4.98 Å². The summed E-state index contributed by atoms with van der Waals surface area (Å²) in [5, 5.41) is 0.977. The van der Waals surface area contributed by atoms with Gasteiger partial charge in [-0.3, -0.25) is 9.59 Å². The molecule has 0 unspecified atom stereocenters. The standard InChI is InChI=1S/C15H19N3O2/c1-2-3-8-18(10-14(16)19)15(20)12-4-5-13-11(9-12)6-7-17-13/h4-7,9,17H,2-3,8,10H2,1H3,(H2,16,19). The van der Waals surface area contributed by atoms with Crippen molar-refractivity contribution in [2.45, 2.75) is 19.8 Å². The minimum absolute atomic E-state index is 0.0377. The number of aromatic amines is 1. The summed E-state index contributed by atoms with van der Waals surface area (Å²) in [5.74, 6) is -0.641. The fourth-order valence-corrected chi connectivity index (χ4v) is 2.16. The number of carbonyl (C=O) groups excluding carboxylic acids is 2. The summed E-state index contributed by atoms with van der Waals surface area (Å²) < 4.78 is 0. The molecule has 106 valence electrons. The van der Waals surface area contributed by atoms with E-state index in [9.17, 15) is 9.59 Å². The molecule has 0 saturated heterocycles. The molecule has 5 nitrogen and oxygen atoms in total. The predicted molar refractivity (Wildman–Crippen MR) is 78.3 cm³/mol. The zero-order valence-corrected chi connectivity index (χ0v) is 11.6. The molecule has 0 spiro atoms. The maximum atomic E-state index is 12.5. The number of carbonyl (C=O) groups is 2. The molecule has 0 atom stereocenters. The Kier molecular flexibility index (Phi) is 4.40. The Morgan fingerprint density at radius 2 is 2.10 bits per heavy atom. The van der Waals surface area contributed by atoms with Crippen molar-refractivity contribution < 1.29 is 9.59 Å². The van der Waals surface area contributed by atoms with Gasteiger partial charge in [0.1, 0.15) is 0 Å². The number of nitrogens with one attached hydrogen (secondary N) is 1. The molecule has 0 aliphatic heterocycles. The Balaban J connectivity index is 2.22. The van der Waals surface area contributed by atoms with E-state index in [0.29, 0.717) is 12.1 Å². The summed E-state index contributed by atoms with van der Waals surface area (Å²) in [7, 11) is 0. The Hall–Kier alpha value is -2.30. The fourth-order valence-electron chi connectivity index (χ4n) is 2.16. The van der Waals surface area contributed by atoms with Crippen LogP contribution in [0.5, 0.6) is 0 Å². The van der Waals surface area contributed by atoms with E-state index in [-0.39, 0.29) is 12.5 Å². The molecule has 1 aromatic heterocycles. The smallest absolute Gasteiger partial charge is 0.254 e. The fraction of sp³-hybridized carbons (Fsp3) is 0.333. The Bertz CT molecular complexity index is 618. The van der Waals surface area contributed by atoms with Crippen LogP contribution >= 0.6 is 0 Å². The van der Waals surface area contributed by atoms with Crippen molar-refractivity contribution in [3.8, 4) is 0 Å². The van der Waals surface area contributed by atoms with Crippen molar-refractivity contribution in [2.24, 2.45) is 5.73 Å². The highest BCUT2D eigenvalue weighted by molar-refractivity contribution is 5.99. The van der Waals surface area contributed by atoms with Gasteiger partial charge in [0.25, 0.3) is 5.91 Å². The molecule has 0 fully saturated rings. The van der Waals surface area contributed by atoms with Gasteiger partial charge in [0, 0.05) is 29.2 Å². The summed E-state index contributed by atoms with van der Waals surface area (Å²) in [4.78, 5) is 28.2. The number of fused-ring (bicyclic) bond motifs is 1. The molecule has 1 heterocycles. The number of rotatable bonds is 6. The number of primary amides is 1. The average molecular weight is 273 g/mol. The lowest BCUT2D eigenvalue weighted by atomic mass is 10.1. The molecule has 0 radical (unpaired) electrons. The first-order chi connectivity index (χ1) is 9.61. The first-order valence-corrected chi connectivity index (χ1v) is 6.76. The molecule has 20 heavy (non-hydrogen) atoms. The lowest BCUT2D eigenvalue weighted by Crippen LogP contribution is -2.39. The largest absolute Gasteiger partial charge is 0.368 e. The van der Waals surface area contributed by atoms with E-state index in [0.717, 1.165) is 23.7 Å². The normalized spacial score (nSPS) is 10.7. The third-order valence-corrected chi connectivity index (χ3v) is 3.22. The van der Waals surface area contributed by atoms with E-state index in [1.165, 1.54) is 4.90 Å². The van der Waals surface area contributed by atoms with Crippen molar-refractivity contribution >= 4 is 22.7 Å². The first-order valence-electron chi connectivity index (χ1n) is 6.76. The number of nitrogens with zero attached hydrogens (tertiary/aromatic N) is 1. The van der Waals surface area contributed by atoms with E-state index in [4.69, 9.17) is 5.73 Å². The molecule has 2 aromatic rings. The van der Waals surface area contributed by atoms with Crippen LogP contribution in [0.4, 0.5) is 0 Å². The maximum absolute atomic E-state index is 12.5. The summed E-state index contributed by atoms with van der Waals surface area (Å²) in [6.45, 7) is 2.55. The van der Waals surface area contributed by atoms with Crippen LogP contribution < -0.4 is 5.73 Å². The van der Waals surface area contributed by atoms with Gasteiger partial charge in [-0.05, 0) is 30.7 Å². The van der Waals surface area contributed by atoms with Gasteiger partial charge in [0.2, 0.25) is 5.91 Å². The van der Waals surface area contributed by atoms with E-state index >= 15 is 0 Å². The molecule has 2 amide bonds. The molecular weight excluding hydrogens is 254 g/mol. The van der Waals surface area contributed by atoms with Crippen LogP contribution in [-0.4, -0.2) is 34.8 Å². The van der Waals surface area contributed by atoms with Crippen molar-refractivity contribution in [2.75, 3.05) is 13.1 Å². The topological polar surface area (TPSA) is 79.2 Å². The highest BCUT2D eigenvalue weighted by Gasteiger charge is 2.17. The second-order valence-electron chi connectivity index (χ2n) is 4.83. The van der Waals surface area contributed by atoms with Gasteiger partial charge in [0.15, 0.2) is 0 Å². The summed E-state index contributed by atoms with van der Waals surface area (Å²) in [6, 6.07) is 7.37. The Morgan fingerprint density at radius 1 is 1.30 bits per heavy atom. The van der Waals surface area contributed by atoms with Crippen molar-refractivity contribution in [3.63, 3.8) is 0 Å². The highest BCUT2D eigenvalue weighted by atomic mass is 16.2. The number of amides is 2. The van der Waals surface area contributed by atoms with Crippen LogP contribution in [0.3, 0.4) is 0 Å². The maximum Gasteiger partial charge on any atom is 0.254 e. The minimum Gasteiger partial charge on any atom is -0.368 e. The van der Waals surface area contributed by atoms with Crippen LogP contribution in [-0.2, 0) is 4.79 Å². The molecule has 0 bridgehead atoms. The highest BCUT2D eigenvalue weighted by Crippen LogP contribution is 2.16. The number of benzene rings is 1. The van der Waals surface area contributed by atoms with E-state index in [1.54, 1.807) is 6.07 Å². The SMILES string of the molecule is CCCCN(CC(N)=O)C(=O)c1ccc2[nH]ccc2c1. The molecule has 1 aromatic carbocycles. The zero-order chi connectivity index (χ0) is 14.5. The molecule has 2 rings (SSSR count). The average Bonchev–Trinajstić information content (AvgIpc) is 2.89. The van der Waals surface area contributed by atoms with Gasteiger partial charge < -0.3 is 15.6 Å². The van der Waals surface area contributed by atoms with Gasteiger partial charge in [0.05, 0.1) is 6.54 Å². The third kappa shape index (κ3) is 3.17. The summed E-state index contributed by atoms with van der Waals surface area (Å²) in [5.41, 5.74) is 6.78. The van der Waals surface area contributed by atoms with Gasteiger partial charge in [-0.2, -0.15) is 0 Å². The van der Waals surface area contributed by atoms with E-state index < -0.39 is 5.91 Å². The molecular formula is C15H19N3O2. The predicted octanol–water partition coefficient (Wildman–Crippen LogP) is 1.90. The molecule has 0 saturated carbocycles. The second-order valence-corrected chi connectivity index (χ2v) is 4.83. The summed E-state index contributed by atoms with van der Waals surface area (Å²) in [6.07, 6.45) is 3.64. The number of hydrogen-bond acceptors (Lipinski definition) is 2. The van der Waals surface area contributed by atoms with Crippen molar-refractivity contribution in [1.29, 1.82) is 0 Å². The number of H-pyrrole nitrogens is 1. The molecule has 0 aliphatic carbocycles. The first kappa shape index (κ1) is 14.1. The zero-order valence-electron chi connectivity index (χ0n) is 11.6. The number of aromatic nitrogens is 1. The van der Waals surface area contributed by atoms with E-state index in [1.807, 2.05) is 31.3 Å². The lowest BCUT2D eigenvalue weighted by molar-refractivity contribution is -0.118. The number of unbranched alkanes of at least 4 members (excludes halogenated alkanes) is 1. The lowest BCUT2D eigenvalue weighted by Gasteiger charge is -2.21. The second kappa shape index (κ2) is 6.23. The van der Waals surface area contributed by atoms with Gasteiger partial charge in [-0.15, -0.1) is 0 Å². The minimum atomic E-state index is -0.489. The third-order valence-electron chi connectivity index (χ3n) is 3.22. The monoisotopic (exact) mass is 273 g/mol. The van der Waals surface area contributed by atoms with Crippen LogP contribution in [0.15, 0.2) is 30.5 Å². The van der Waals surface area contributed by atoms with Crippen LogP contribution in [0.25, 0.3) is 10.9 Å².